The number of hydrogen-bond acceptors (Lipinski definition) is 3. The van der Waals surface area contributed by atoms with Gasteiger partial charge in [0.05, 0.1) is 6.54 Å². The average Bonchev–Trinajstić information content (AvgIpc) is 2.54. The molecule has 21 heavy (non-hydrogen) atoms. The monoisotopic (exact) mass is 283 g/mol. The number of imide groups is 1. The number of hydrogen-bond donors (Lipinski definition) is 3. The molecule has 0 radical (unpaired) electrons. The van der Waals surface area contributed by atoms with Gasteiger partial charge in [0, 0.05) is 18.3 Å². The maximum atomic E-state index is 11.6. The van der Waals surface area contributed by atoms with E-state index in [9.17, 15) is 9.59 Å². The predicted molar refractivity (Wildman–Crippen MR) is 83.0 cm³/mol. The Kier molecular flexibility index (Phi) is 4.93. The molecule has 0 aliphatic rings. The van der Waals surface area contributed by atoms with Crippen molar-refractivity contribution in [1.29, 1.82) is 0 Å². The van der Waals surface area contributed by atoms with E-state index in [4.69, 9.17) is 0 Å². The number of urea groups is 1. The second-order valence-corrected chi connectivity index (χ2v) is 4.39. The van der Waals surface area contributed by atoms with Gasteiger partial charge in [0.2, 0.25) is 5.91 Å². The standard InChI is InChI=1S/C16H17N3O2/c1-17-16(21)19-15(20)11-18-14-10-6-5-9-13(14)12-7-3-2-4-8-12/h2-10,18H,11H2,1H3,(H2,17,19,20,21). The first-order valence-corrected chi connectivity index (χ1v) is 6.60. The SMILES string of the molecule is CNC(=O)NC(=O)CNc1ccccc1-c1ccccc1. The Morgan fingerprint density at radius 1 is 0.952 bits per heavy atom. The molecule has 0 unspecified atom stereocenters. The van der Waals surface area contributed by atoms with Crippen molar-refractivity contribution < 1.29 is 9.59 Å². The van der Waals surface area contributed by atoms with Crippen molar-refractivity contribution in [2.45, 2.75) is 0 Å². The summed E-state index contributed by atoms with van der Waals surface area (Å²) in [4.78, 5) is 22.7. The lowest BCUT2D eigenvalue weighted by atomic mass is 10.0. The minimum atomic E-state index is -0.516. The third-order valence-electron chi connectivity index (χ3n) is 2.93. The van der Waals surface area contributed by atoms with E-state index in [1.54, 1.807) is 0 Å². The van der Waals surface area contributed by atoms with Crippen molar-refractivity contribution in [3.8, 4) is 11.1 Å². The summed E-state index contributed by atoms with van der Waals surface area (Å²) in [7, 11) is 1.46. The van der Waals surface area contributed by atoms with Crippen LogP contribution in [-0.2, 0) is 4.79 Å². The zero-order valence-corrected chi connectivity index (χ0v) is 11.7. The Morgan fingerprint density at radius 3 is 2.33 bits per heavy atom. The smallest absolute Gasteiger partial charge is 0.321 e. The highest BCUT2D eigenvalue weighted by Gasteiger charge is 2.08. The minimum absolute atomic E-state index is 0.0251. The molecule has 2 rings (SSSR count). The molecule has 3 N–H and O–H groups in total. The molecule has 0 aliphatic heterocycles. The number of carbonyl (C=O) groups is 2. The Balaban J connectivity index is 2.08. The fraction of sp³-hybridized carbons (Fsp3) is 0.125. The van der Waals surface area contributed by atoms with Crippen molar-refractivity contribution in [2.24, 2.45) is 0 Å². The lowest BCUT2D eigenvalue weighted by molar-refractivity contribution is -0.118. The largest absolute Gasteiger partial charge is 0.376 e. The van der Waals surface area contributed by atoms with Gasteiger partial charge in [-0.2, -0.15) is 0 Å². The first-order chi connectivity index (χ1) is 10.2. The first-order valence-electron chi connectivity index (χ1n) is 6.60. The lowest BCUT2D eigenvalue weighted by Gasteiger charge is -2.12. The van der Waals surface area contributed by atoms with Crippen molar-refractivity contribution >= 4 is 17.6 Å². The molecule has 0 atom stereocenters. The van der Waals surface area contributed by atoms with Crippen molar-refractivity contribution in [3.05, 3.63) is 54.6 Å². The quantitative estimate of drug-likeness (QED) is 0.805. The highest BCUT2D eigenvalue weighted by atomic mass is 16.2. The molecule has 108 valence electrons. The van der Waals surface area contributed by atoms with E-state index in [1.807, 2.05) is 54.6 Å². The van der Waals surface area contributed by atoms with Crippen LogP contribution in [0.25, 0.3) is 11.1 Å². The van der Waals surface area contributed by atoms with Gasteiger partial charge in [-0.1, -0.05) is 48.5 Å². The minimum Gasteiger partial charge on any atom is -0.376 e. The summed E-state index contributed by atoms with van der Waals surface area (Å²) in [5, 5.41) is 7.59. The average molecular weight is 283 g/mol. The van der Waals surface area contributed by atoms with E-state index in [2.05, 4.69) is 16.0 Å². The van der Waals surface area contributed by atoms with Gasteiger partial charge in [0.15, 0.2) is 0 Å². The zero-order valence-electron chi connectivity index (χ0n) is 11.7. The molecule has 0 aromatic heterocycles. The van der Waals surface area contributed by atoms with Gasteiger partial charge in [-0.15, -0.1) is 0 Å². The van der Waals surface area contributed by atoms with Crippen molar-refractivity contribution in [3.63, 3.8) is 0 Å². The third kappa shape index (κ3) is 4.07. The number of benzene rings is 2. The van der Waals surface area contributed by atoms with E-state index in [-0.39, 0.29) is 6.54 Å². The molecular formula is C16H17N3O2. The zero-order chi connectivity index (χ0) is 15.1. The van der Waals surface area contributed by atoms with E-state index in [0.29, 0.717) is 0 Å². The molecule has 0 saturated carbocycles. The first kappa shape index (κ1) is 14.6. The number of amides is 3. The van der Waals surface area contributed by atoms with Crippen LogP contribution in [0.3, 0.4) is 0 Å². The van der Waals surface area contributed by atoms with Crippen molar-refractivity contribution in [2.75, 3.05) is 18.9 Å². The number of carbonyl (C=O) groups excluding carboxylic acids is 2. The fourth-order valence-corrected chi connectivity index (χ4v) is 1.92. The summed E-state index contributed by atoms with van der Waals surface area (Å²) in [5.74, 6) is -0.391. The highest BCUT2D eigenvalue weighted by Crippen LogP contribution is 2.27. The summed E-state index contributed by atoms with van der Waals surface area (Å²) in [6.07, 6.45) is 0. The Labute approximate surface area is 123 Å². The number of rotatable bonds is 4. The molecule has 0 fully saturated rings. The van der Waals surface area contributed by atoms with E-state index in [0.717, 1.165) is 16.8 Å². The van der Waals surface area contributed by atoms with Gasteiger partial charge < -0.3 is 10.6 Å². The molecule has 5 heteroatoms. The summed E-state index contributed by atoms with van der Waals surface area (Å²) >= 11 is 0. The molecule has 0 bridgehead atoms. The van der Waals surface area contributed by atoms with Gasteiger partial charge in [-0.3, -0.25) is 10.1 Å². The second kappa shape index (κ2) is 7.09. The summed E-state index contributed by atoms with van der Waals surface area (Å²) in [6, 6.07) is 17.1. The number of nitrogens with one attached hydrogen (secondary N) is 3. The van der Waals surface area contributed by atoms with Crippen LogP contribution in [0.2, 0.25) is 0 Å². The number of anilines is 1. The van der Waals surface area contributed by atoms with Crippen molar-refractivity contribution in [1.82, 2.24) is 10.6 Å². The lowest BCUT2D eigenvalue weighted by Crippen LogP contribution is -2.40. The van der Waals surface area contributed by atoms with Gasteiger partial charge >= 0.3 is 6.03 Å². The third-order valence-corrected chi connectivity index (χ3v) is 2.93. The van der Waals surface area contributed by atoms with Crippen LogP contribution in [-0.4, -0.2) is 25.5 Å². The molecule has 3 amide bonds. The summed E-state index contributed by atoms with van der Waals surface area (Å²) in [5.41, 5.74) is 2.91. The Hall–Kier alpha value is -2.82. The normalized spacial score (nSPS) is 9.76. The topological polar surface area (TPSA) is 70.2 Å². The molecule has 5 nitrogen and oxygen atoms in total. The van der Waals surface area contributed by atoms with Crippen LogP contribution in [0.15, 0.2) is 54.6 Å². The molecule has 0 heterocycles. The predicted octanol–water partition coefficient (Wildman–Crippen LogP) is 2.22. The van der Waals surface area contributed by atoms with Gasteiger partial charge in [-0.25, -0.2) is 4.79 Å². The van der Waals surface area contributed by atoms with E-state index < -0.39 is 11.9 Å². The summed E-state index contributed by atoms with van der Waals surface area (Å²) in [6.45, 7) is 0.0251. The molecule has 0 saturated heterocycles. The van der Waals surface area contributed by atoms with Crippen LogP contribution in [0.5, 0.6) is 0 Å². The maximum absolute atomic E-state index is 11.6. The summed E-state index contributed by atoms with van der Waals surface area (Å²) < 4.78 is 0. The highest BCUT2D eigenvalue weighted by molar-refractivity contribution is 5.96. The Bertz CT molecular complexity index is 626. The molecule has 2 aromatic rings. The van der Waals surface area contributed by atoms with Crippen LogP contribution in [0.4, 0.5) is 10.5 Å². The Morgan fingerprint density at radius 2 is 1.62 bits per heavy atom. The maximum Gasteiger partial charge on any atom is 0.321 e. The molecule has 0 spiro atoms. The second-order valence-electron chi connectivity index (χ2n) is 4.39. The van der Waals surface area contributed by atoms with E-state index >= 15 is 0 Å². The fourth-order valence-electron chi connectivity index (χ4n) is 1.92. The van der Waals surface area contributed by atoms with Gasteiger partial charge in [-0.05, 0) is 11.6 Å². The molecule has 2 aromatic carbocycles. The van der Waals surface area contributed by atoms with Crippen LogP contribution >= 0.6 is 0 Å². The van der Waals surface area contributed by atoms with Crippen LogP contribution in [0.1, 0.15) is 0 Å². The molecular weight excluding hydrogens is 266 g/mol. The van der Waals surface area contributed by atoms with Crippen LogP contribution in [0, 0.1) is 0 Å². The van der Waals surface area contributed by atoms with Gasteiger partial charge in [0.1, 0.15) is 0 Å². The van der Waals surface area contributed by atoms with Gasteiger partial charge in [0.25, 0.3) is 0 Å². The van der Waals surface area contributed by atoms with Crippen LogP contribution < -0.4 is 16.0 Å². The van der Waals surface area contributed by atoms with E-state index in [1.165, 1.54) is 7.05 Å². The molecule has 0 aliphatic carbocycles. The number of para-hydroxylation sites is 1.